The van der Waals surface area contributed by atoms with Crippen molar-refractivity contribution in [1.82, 2.24) is 9.55 Å². The fraction of sp³-hybridized carbons (Fsp3) is 0.375. The van der Waals surface area contributed by atoms with Gasteiger partial charge < -0.3 is 9.30 Å². The van der Waals surface area contributed by atoms with Crippen molar-refractivity contribution in [3.63, 3.8) is 0 Å². The number of hydrogen-bond acceptors (Lipinski definition) is 3. The van der Waals surface area contributed by atoms with Gasteiger partial charge in [-0.15, -0.1) is 0 Å². The Morgan fingerprint density at radius 1 is 1.43 bits per heavy atom. The lowest BCUT2D eigenvalue weighted by Crippen LogP contribution is -2.12. The summed E-state index contributed by atoms with van der Waals surface area (Å²) in [6, 6.07) is 7.68. The zero-order valence-electron chi connectivity index (χ0n) is 11.8. The summed E-state index contributed by atoms with van der Waals surface area (Å²) in [5.74, 6) is 1.09. The molecular weight excluding hydrogens is 288 g/mol. The van der Waals surface area contributed by atoms with E-state index in [1.54, 1.807) is 6.20 Å². The number of hydrogen-bond donors (Lipinski definition) is 0. The molecule has 110 valence electrons. The Morgan fingerprint density at radius 2 is 2.19 bits per heavy atom. The highest BCUT2D eigenvalue weighted by molar-refractivity contribution is 6.30. The van der Waals surface area contributed by atoms with Gasteiger partial charge in [-0.05, 0) is 30.0 Å². The average molecular weight is 305 g/mol. The summed E-state index contributed by atoms with van der Waals surface area (Å²) in [4.78, 5) is 16.2. The Kier molecular flexibility index (Phi) is 3.97. The van der Waals surface area contributed by atoms with Crippen molar-refractivity contribution in [2.75, 3.05) is 6.61 Å². The van der Waals surface area contributed by atoms with Crippen molar-refractivity contribution in [2.24, 2.45) is 13.0 Å². The number of esters is 1. The molecule has 4 nitrogen and oxygen atoms in total. The number of carbonyl (C=O) groups excluding carboxylic acids is 1. The molecule has 0 bridgehead atoms. The molecule has 2 aromatic rings. The number of benzene rings is 1. The predicted octanol–water partition coefficient (Wildman–Crippen LogP) is 2.96. The topological polar surface area (TPSA) is 44.1 Å². The zero-order chi connectivity index (χ0) is 14.8. The first-order valence-electron chi connectivity index (χ1n) is 7.03. The standard InChI is InChI=1S/C16H17ClN2O2/c1-19-8-7-18-15(19)6-9-21-16(20)14-10-13(14)11-2-4-12(17)5-3-11/h2-5,7-8,13-14H,6,9-10H2,1H3/t13-,14-/m0/s1. The van der Waals surface area contributed by atoms with Crippen molar-refractivity contribution >= 4 is 17.6 Å². The maximum atomic E-state index is 12.0. The first-order valence-corrected chi connectivity index (χ1v) is 7.41. The van der Waals surface area contributed by atoms with Gasteiger partial charge in [0, 0.05) is 30.9 Å². The van der Waals surface area contributed by atoms with Crippen LogP contribution in [0.25, 0.3) is 0 Å². The van der Waals surface area contributed by atoms with Crippen LogP contribution in [0, 0.1) is 5.92 Å². The van der Waals surface area contributed by atoms with Crippen LogP contribution in [-0.4, -0.2) is 22.1 Å². The highest BCUT2D eigenvalue weighted by Gasteiger charge is 2.45. The minimum atomic E-state index is -0.107. The third-order valence-electron chi connectivity index (χ3n) is 3.88. The Hall–Kier alpha value is -1.81. The van der Waals surface area contributed by atoms with Crippen molar-refractivity contribution < 1.29 is 9.53 Å². The van der Waals surface area contributed by atoms with Crippen LogP contribution >= 0.6 is 11.6 Å². The smallest absolute Gasteiger partial charge is 0.309 e. The maximum Gasteiger partial charge on any atom is 0.309 e. The molecule has 0 unspecified atom stereocenters. The number of aromatic nitrogens is 2. The van der Waals surface area contributed by atoms with Crippen LogP contribution in [0.1, 0.15) is 23.7 Å². The van der Waals surface area contributed by atoms with E-state index in [4.69, 9.17) is 16.3 Å². The molecule has 0 spiro atoms. The molecule has 0 saturated heterocycles. The minimum absolute atomic E-state index is 0.00690. The predicted molar refractivity (Wildman–Crippen MR) is 80.2 cm³/mol. The fourth-order valence-corrected chi connectivity index (χ4v) is 2.65. The van der Waals surface area contributed by atoms with Crippen molar-refractivity contribution in [3.05, 3.63) is 53.1 Å². The van der Waals surface area contributed by atoms with Gasteiger partial charge in [0.25, 0.3) is 0 Å². The van der Waals surface area contributed by atoms with Crippen molar-refractivity contribution in [3.8, 4) is 0 Å². The lowest BCUT2D eigenvalue weighted by Gasteiger charge is -2.05. The molecule has 3 rings (SSSR count). The van der Waals surface area contributed by atoms with E-state index >= 15 is 0 Å². The molecule has 1 heterocycles. The van der Waals surface area contributed by atoms with E-state index < -0.39 is 0 Å². The van der Waals surface area contributed by atoms with Gasteiger partial charge in [0.2, 0.25) is 0 Å². The molecule has 2 atom stereocenters. The monoisotopic (exact) mass is 304 g/mol. The normalized spacial score (nSPS) is 20.3. The zero-order valence-corrected chi connectivity index (χ0v) is 12.6. The Labute approximate surface area is 128 Å². The molecule has 21 heavy (non-hydrogen) atoms. The summed E-state index contributed by atoms with van der Waals surface area (Å²) in [6.45, 7) is 0.382. The second-order valence-electron chi connectivity index (χ2n) is 5.37. The van der Waals surface area contributed by atoms with Crippen LogP contribution in [0.5, 0.6) is 0 Å². The van der Waals surface area contributed by atoms with E-state index in [0.29, 0.717) is 18.1 Å². The van der Waals surface area contributed by atoms with Crippen molar-refractivity contribution in [1.29, 1.82) is 0 Å². The molecule has 5 heteroatoms. The Balaban J connectivity index is 1.47. The van der Waals surface area contributed by atoms with E-state index in [-0.39, 0.29) is 17.8 Å². The van der Waals surface area contributed by atoms with Gasteiger partial charge in [0.05, 0.1) is 12.5 Å². The number of aryl methyl sites for hydroxylation is 1. The Morgan fingerprint density at radius 3 is 2.86 bits per heavy atom. The van der Waals surface area contributed by atoms with Crippen LogP contribution in [-0.2, 0) is 23.0 Å². The number of carbonyl (C=O) groups is 1. The van der Waals surface area contributed by atoms with Crippen LogP contribution < -0.4 is 0 Å². The van der Waals surface area contributed by atoms with E-state index in [2.05, 4.69) is 4.98 Å². The van der Waals surface area contributed by atoms with Crippen LogP contribution in [0.2, 0.25) is 5.02 Å². The molecular formula is C16H17ClN2O2. The van der Waals surface area contributed by atoms with Gasteiger partial charge in [-0.2, -0.15) is 0 Å². The summed E-state index contributed by atoms with van der Waals surface area (Å²) in [5, 5.41) is 0.716. The van der Waals surface area contributed by atoms with Gasteiger partial charge in [0.15, 0.2) is 0 Å². The molecule has 1 saturated carbocycles. The first kappa shape index (κ1) is 14.1. The van der Waals surface area contributed by atoms with E-state index in [1.165, 1.54) is 0 Å². The van der Waals surface area contributed by atoms with Crippen molar-refractivity contribution in [2.45, 2.75) is 18.8 Å². The second-order valence-corrected chi connectivity index (χ2v) is 5.81. The number of nitrogens with zero attached hydrogens (tertiary/aromatic N) is 2. The van der Waals surface area contributed by atoms with Crippen LogP contribution in [0.15, 0.2) is 36.7 Å². The number of imidazole rings is 1. The molecule has 0 radical (unpaired) electrons. The molecule has 0 aliphatic heterocycles. The third kappa shape index (κ3) is 3.27. The second kappa shape index (κ2) is 5.90. The average Bonchev–Trinajstić information content (AvgIpc) is 3.17. The quantitative estimate of drug-likeness (QED) is 0.798. The van der Waals surface area contributed by atoms with Gasteiger partial charge in [-0.1, -0.05) is 23.7 Å². The van der Waals surface area contributed by atoms with Gasteiger partial charge in [-0.25, -0.2) is 4.98 Å². The first-order chi connectivity index (χ1) is 10.1. The van der Waals surface area contributed by atoms with E-state index in [9.17, 15) is 4.79 Å². The van der Waals surface area contributed by atoms with Gasteiger partial charge in [-0.3, -0.25) is 4.79 Å². The fourth-order valence-electron chi connectivity index (χ4n) is 2.52. The largest absolute Gasteiger partial charge is 0.465 e. The summed E-state index contributed by atoms with van der Waals surface area (Å²) in [6.07, 6.45) is 5.14. The minimum Gasteiger partial charge on any atom is -0.465 e. The summed E-state index contributed by atoms with van der Waals surface area (Å²) < 4.78 is 7.28. The van der Waals surface area contributed by atoms with Gasteiger partial charge >= 0.3 is 5.97 Å². The number of ether oxygens (including phenoxy) is 1. The number of rotatable bonds is 5. The molecule has 1 aliphatic carbocycles. The lowest BCUT2D eigenvalue weighted by atomic mass is 10.1. The molecule has 1 aliphatic rings. The molecule has 1 fully saturated rings. The van der Waals surface area contributed by atoms with Crippen LogP contribution in [0.4, 0.5) is 0 Å². The molecule has 1 aromatic heterocycles. The molecule has 0 amide bonds. The number of halogens is 1. The highest BCUT2D eigenvalue weighted by Crippen LogP contribution is 2.48. The molecule has 0 N–H and O–H groups in total. The summed E-state index contributed by atoms with van der Waals surface area (Å²) in [7, 11) is 1.93. The highest BCUT2D eigenvalue weighted by atomic mass is 35.5. The van der Waals surface area contributed by atoms with E-state index in [1.807, 2.05) is 42.1 Å². The van der Waals surface area contributed by atoms with Crippen LogP contribution in [0.3, 0.4) is 0 Å². The third-order valence-corrected chi connectivity index (χ3v) is 4.13. The molecule has 1 aromatic carbocycles. The summed E-state index contributed by atoms with van der Waals surface area (Å²) >= 11 is 5.87. The Bertz CT molecular complexity index is 636. The SMILES string of the molecule is Cn1ccnc1CCOC(=O)[C@H]1C[C@H]1c1ccc(Cl)cc1. The maximum absolute atomic E-state index is 12.0. The van der Waals surface area contributed by atoms with Gasteiger partial charge in [0.1, 0.15) is 5.82 Å². The summed E-state index contributed by atoms with van der Waals surface area (Å²) in [5.41, 5.74) is 1.16. The lowest BCUT2D eigenvalue weighted by molar-refractivity contribution is -0.145. The van der Waals surface area contributed by atoms with E-state index in [0.717, 1.165) is 17.8 Å².